The number of carboxylic acids is 1. The molecule has 0 fully saturated rings. The molecule has 104 valence electrons. The monoisotopic (exact) mass is 374 g/mol. The number of hydrogen-bond acceptors (Lipinski definition) is 3. The van der Waals surface area contributed by atoms with Crippen LogP contribution in [0.15, 0.2) is 34.8 Å². The van der Waals surface area contributed by atoms with Gasteiger partial charge >= 0.3 is 5.97 Å². The zero-order chi connectivity index (χ0) is 14.9. The summed E-state index contributed by atoms with van der Waals surface area (Å²) >= 11 is 15.3. The SMILES string of the molecule is Nc1cc(Cl)c(Nc2cc(Cl)ccc2Br)c(C(=O)O)c1. The van der Waals surface area contributed by atoms with Crippen LogP contribution in [-0.4, -0.2) is 11.1 Å². The molecule has 4 N–H and O–H groups in total. The molecule has 0 unspecified atom stereocenters. The molecule has 2 aromatic carbocycles. The van der Waals surface area contributed by atoms with E-state index in [0.717, 1.165) is 4.47 Å². The van der Waals surface area contributed by atoms with Crippen molar-refractivity contribution in [1.82, 2.24) is 0 Å². The minimum Gasteiger partial charge on any atom is -0.478 e. The average molecular weight is 376 g/mol. The third-order valence-corrected chi connectivity index (χ3v) is 3.76. The molecule has 0 aliphatic heterocycles. The third kappa shape index (κ3) is 3.17. The molecule has 0 radical (unpaired) electrons. The lowest BCUT2D eigenvalue weighted by atomic mass is 10.1. The van der Waals surface area contributed by atoms with Gasteiger partial charge in [-0.1, -0.05) is 23.2 Å². The highest BCUT2D eigenvalue weighted by Crippen LogP contribution is 2.35. The molecule has 7 heteroatoms. The molecular formula is C13H9BrCl2N2O2. The number of benzene rings is 2. The van der Waals surface area contributed by atoms with Crippen LogP contribution in [-0.2, 0) is 0 Å². The molecule has 0 aliphatic carbocycles. The summed E-state index contributed by atoms with van der Waals surface area (Å²) in [6.07, 6.45) is 0. The molecule has 0 bridgehead atoms. The first-order valence-corrected chi connectivity index (χ1v) is 6.98. The van der Waals surface area contributed by atoms with E-state index >= 15 is 0 Å². The fraction of sp³-hybridized carbons (Fsp3) is 0. The van der Waals surface area contributed by atoms with Crippen LogP contribution in [0.25, 0.3) is 0 Å². The molecule has 0 spiro atoms. The Kier molecular flexibility index (Phi) is 4.42. The zero-order valence-corrected chi connectivity index (χ0v) is 13.1. The van der Waals surface area contributed by atoms with Crippen molar-refractivity contribution in [2.75, 3.05) is 11.1 Å². The van der Waals surface area contributed by atoms with E-state index in [2.05, 4.69) is 21.2 Å². The van der Waals surface area contributed by atoms with E-state index in [0.29, 0.717) is 10.7 Å². The third-order valence-electron chi connectivity index (χ3n) is 2.53. The van der Waals surface area contributed by atoms with Gasteiger partial charge in [0.05, 0.1) is 22.0 Å². The molecule has 0 atom stereocenters. The summed E-state index contributed by atoms with van der Waals surface area (Å²) in [4.78, 5) is 11.3. The lowest BCUT2D eigenvalue weighted by Gasteiger charge is -2.14. The lowest BCUT2D eigenvalue weighted by Crippen LogP contribution is -2.05. The Morgan fingerprint density at radius 3 is 2.60 bits per heavy atom. The van der Waals surface area contributed by atoms with Crippen molar-refractivity contribution >= 4 is 62.2 Å². The first-order valence-electron chi connectivity index (χ1n) is 5.43. The van der Waals surface area contributed by atoms with Gasteiger partial charge in [-0.2, -0.15) is 0 Å². The van der Waals surface area contributed by atoms with E-state index < -0.39 is 5.97 Å². The number of aromatic carboxylic acids is 1. The van der Waals surface area contributed by atoms with Crippen LogP contribution in [0.2, 0.25) is 10.0 Å². The number of carboxylic acid groups (broad SMARTS) is 1. The largest absolute Gasteiger partial charge is 0.478 e. The summed E-state index contributed by atoms with van der Waals surface area (Å²) in [5.74, 6) is -1.13. The molecule has 0 heterocycles. The summed E-state index contributed by atoms with van der Waals surface area (Å²) in [5.41, 5.74) is 6.74. The first-order chi connectivity index (χ1) is 9.38. The average Bonchev–Trinajstić information content (AvgIpc) is 2.36. The minimum absolute atomic E-state index is 0.0122. The van der Waals surface area contributed by atoms with Gasteiger partial charge in [0, 0.05) is 15.2 Å². The Morgan fingerprint density at radius 2 is 1.95 bits per heavy atom. The van der Waals surface area contributed by atoms with Gasteiger partial charge in [0.25, 0.3) is 0 Å². The van der Waals surface area contributed by atoms with E-state index in [1.165, 1.54) is 12.1 Å². The number of anilines is 3. The Morgan fingerprint density at radius 1 is 1.25 bits per heavy atom. The molecular weight excluding hydrogens is 367 g/mol. The van der Waals surface area contributed by atoms with Crippen LogP contribution in [0.1, 0.15) is 10.4 Å². The normalized spacial score (nSPS) is 10.3. The number of nitrogen functional groups attached to an aromatic ring is 1. The van der Waals surface area contributed by atoms with Crippen molar-refractivity contribution in [3.63, 3.8) is 0 Å². The van der Waals surface area contributed by atoms with Crippen LogP contribution < -0.4 is 11.1 Å². The summed E-state index contributed by atoms with van der Waals surface area (Å²) in [6.45, 7) is 0. The molecule has 20 heavy (non-hydrogen) atoms. The van der Waals surface area contributed by atoms with Crippen molar-refractivity contribution in [3.8, 4) is 0 Å². The van der Waals surface area contributed by atoms with E-state index in [9.17, 15) is 9.90 Å². The van der Waals surface area contributed by atoms with Gasteiger partial charge in [-0.15, -0.1) is 0 Å². The fourth-order valence-electron chi connectivity index (χ4n) is 1.65. The van der Waals surface area contributed by atoms with E-state index in [1.807, 2.05) is 0 Å². The Labute approximate surface area is 133 Å². The first kappa shape index (κ1) is 15.0. The number of rotatable bonds is 3. The standard InChI is InChI=1S/C13H9BrCl2N2O2/c14-9-2-1-6(15)3-11(9)18-12-8(13(19)20)4-7(17)5-10(12)16/h1-5,18H,17H2,(H,19,20). The molecule has 0 aliphatic rings. The maximum absolute atomic E-state index is 11.3. The summed E-state index contributed by atoms with van der Waals surface area (Å²) < 4.78 is 0.728. The predicted octanol–water partition coefficient (Wildman–Crippen LogP) is 4.78. The highest BCUT2D eigenvalue weighted by atomic mass is 79.9. The molecule has 2 rings (SSSR count). The van der Waals surface area contributed by atoms with Crippen LogP contribution in [0.5, 0.6) is 0 Å². The van der Waals surface area contributed by atoms with Crippen molar-refractivity contribution in [2.24, 2.45) is 0 Å². The predicted molar refractivity (Wildman–Crippen MR) is 85.3 cm³/mol. The second-order valence-electron chi connectivity index (χ2n) is 3.98. The Hall–Kier alpha value is -1.43. The van der Waals surface area contributed by atoms with E-state index in [-0.39, 0.29) is 22.0 Å². The van der Waals surface area contributed by atoms with Crippen LogP contribution in [0.3, 0.4) is 0 Å². The minimum atomic E-state index is -1.13. The highest BCUT2D eigenvalue weighted by Gasteiger charge is 2.16. The molecule has 0 saturated carbocycles. The second kappa shape index (κ2) is 5.91. The maximum atomic E-state index is 11.3. The summed E-state index contributed by atoms with van der Waals surface area (Å²) in [5, 5.41) is 12.9. The van der Waals surface area contributed by atoms with Crippen LogP contribution >= 0.6 is 39.1 Å². The zero-order valence-electron chi connectivity index (χ0n) is 9.95. The quantitative estimate of drug-likeness (QED) is 0.674. The number of hydrogen-bond donors (Lipinski definition) is 3. The van der Waals surface area contributed by atoms with Crippen molar-refractivity contribution in [2.45, 2.75) is 0 Å². The number of nitrogens with one attached hydrogen (secondary N) is 1. The summed E-state index contributed by atoms with van der Waals surface area (Å²) in [7, 11) is 0. The van der Waals surface area contributed by atoms with Gasteiger partial charge in [-0.3, -0.25) is 0 Å². The Balaban J connectivity index is 2.53. The van der Waals surface area contributed by atoms with Gasteiger partial charge in [0.2, 0.25) is 0 Å². The number of nitrogens with two attached hydrogens (primary N) is 1. The number of halogens is 3. The van der Waals surface area contributed by atoms with Gasteiger partial charge in [0.1, 0.15) is 0 Å². The molecule has 4 nitrogen and oxygen atoms in total. The molecule has 0 aromatic heterocycles. The Bertz CT molecular complexity index is 692. The van der Waals surface area contributed by atoms with Crippen LogP contribution in [0.4, 0.5) is 17.1 Å². The van der Waals surface area contributed by atoms with Crippen LogP contribution in [0, 0.1) is 0 Å². The van der Waals surface area contributed by atoms with Crippen molar-refractivity contribution in [1.29, 1.82) is 0 Å². The fourth-order valence-corrected chi connectivity index (χ4v) is 2.44. The molecule has 0 amide bonds. The van der Waals surface area contributed by atoms with Crippen molar-refractivity contribution < 1.29 is 9.90 Å². The van der Waals surface area contributed by atoms with E-state index in [1.54, 1.807) is 18.2 Å². The topological polar surface area (TPSA) is 75.3 Å². The molecule has 0 saturated heterocycles. The maximum Gasteiger partial charge on any atom is 0.337 e. The lowest BCUT2D eigenvalue weighted by molar-refractivity contribution is 0.0698. The second-order valence-corrected chi connectivity index (χ2v) is 5.68. The van der Waals surface area contributed by atoms with Gasteiger partial charge < -0.3 is 16.2 Å². The smallest absolute Gasteiger partial charge is 0.337 e. The number of carbonyl (C=O) groups is 1. The van der Waals surface area contributed by atoms with Gasteiger partial charge in [-0.25, -0.2) is 4.79 Å². The van der Waals surface area contributed by atoms with E-state index in [4.69, 9.17) is 28.9 Å². The van der Waals surface area contributed by atoms with Gasteiger partial charge in [-0.05, 0) is 46.3 Å². The van der Waals surface area contributed by atoms with Gasteiger partial charge in [0.15, 0.2) is 0 Å². The van der Waals surface area contributed by atoms with Crippen molar-refractivity contribution in [3.05, 3.63) is 50.4 Å². The molecule has 2 aromatic rings. The summed E-state index contributed by atoms with van der Waals surface area (Å²) in [6, 6.07) is 7.93. The highest BCUT2D eigenvalue weighted by molar-refractivity contribution is 9.10.